The van der Waals surface area contributed by atoms with E-state index < -0.39 is 0 Å². The highest BCUT2D eigenvalue weighted by atomic mass is 16.5. The van der Waals surface area contributed by atoms with Gasteiger partial charge in [-0.1, -0.05) is 30.3 Å². The number of fused-ring (bicyclic) bond motifs is 1. The number of hydrogen-bond acceptors (Lipinski definition) is 5. The van der Waals surface area contributed by atoms with Crippen LogP contribution < -0.4 is 0 Å². The SMILES string of the molecule is CCC(C(=O)N(C)CCc1ncon1)n1cc(C(C)=O)c2ccccc21. The number of hydrogen-bond donors (Lipinski definition) is 0. The lowest BCUT2D eigenvalue weighted by Crippen LogP contribution is -2.35. The molecule has 0 aliphatic carbocycles. The van der Waals surface area contributed by atoms with Gasteiger partial charge in [-0.2, -0.15) is 4.98 Å². The smallest absolute Gasteiger partial charge is 0.245 e. The molecule has 136 valence electrons. The predicted octanol–water partition coefficient (Wildman–Crippen LogP) is 2.88. The Balaban J connectivity index is 1.87. The lowest BCUT2D eigenvalue weighted by molar-refractivity contribution is -0.133. The molecule has 0 bridgehead atoms. The van der Waals surface area contributed by atoms with Crippen LogP contribution in [0, 0.1) is 0 Å². The van der Waals surface area contributed by atoms with Crippen molar-refractivity contribution in [1.82, 2.24) is 19.6 Å². The van der Waals surface area contributed by atoms with Crippen molar-refractivity contribution in [1.29, 1.82) is 0 Å². The molecule has 0 saturated heterocycles. The fourth-order valence-corrected chi connectivity index (χ4v) is 3.17. The Morgan fingerprint density at radius 3 is 2.73 bits per heavy atom. The molecule has 0 spiro atoms. The van der Waals surface area contributed by atoms with E-state index in [4.69, 9.17) is 4.52 Å². The molecule has 7 heteroatoms. The molecule has 0 fully saturated rings. The number of likely N-dealkylation sites (N-methyl/N-ethyl adjacent to an activating group) is 1. The van der Waals surface area contributed by atoms with Gasteiger partial charge in [0.25, 0.3) is 0 Å². The first kappa shape index (κ1) is 17.8. The third-order valence-corrected chi connectivity index (χ3v) is 4.58. The van der Waals surface area contributed by atoms with Crippen molar-refractivity contribution in [3.05, 3.63) is 48.2 Å². The van der Waals surface area contributed by atoms with Crippen molar-refractivity contribution in [2.45, 2.75) is 32.7 Å². The maximum absolute atomic E-state index is 13.0. The van der Waals surface area contributed by atoms with Crippen molar-refractivity contribution in [3.63, 3.8) is 0 Å². The van der Waals surface area contributed by atoms with Crippen LogP contribution in [-0.2, 0) is 11.2 Å². The van der Waals surface area contributed by atoms with Crippen molar-refractivity contribution in [2.75, 3.05) is 13.6 Å². The molecule has 1 unspecified atom stereocenters. The second-order valence-corrected chi connectivity index (χ2v) is 6.30. The first-order valence-electron chi connectivity index (χ1n) is 8.63. The highest BCUT2D eigenvalue weighted by molar-refractivity contribution is 6.07. The number of aromatic nitrogens is 3. The quantitative estimate of drug-likeness (QED) is 0.609. The van der Waals surface area contributed by atoms with Crippen LogP contribution in [0.3, 0.4) is 0 Å². The molecule has 0 N–H and O–H groups in total. The van der Waals surface area contributed by atoms with Crippen LogP contribution in [0.25, 0.3) is 10.9 Å². The van der Waals surface area contributed by atoms with Gasteiger partial charge in [-0.3, -0.25) is 9.59 Å². The highest BCUT2D eigenvalue weighted by Crippen LogP contribution is 2.27. The average Bonchev–Trinajstić information content (AvgIpc) is 3.28. The first-order chi connectivity index (χ1) is 12.5. The number of carbonyl (C=O) groups excluding carboxylic acids is 2. The Morgan fingerprint density at radius 1 is 1.31 bits per heavy atom. The molecule has 1 amide bonds. The lowest BCUT2D eigenvalue weighted by Gasteiger charge is -2.24. The van der Waals surface area contributed by atoms with Crippen LogP contribution in [0.2, 0.25) is 0 Å². The molecule has 0 saturated carbocycles. The van der Waals surface area contributed by atoms with Gasteiger partial charge in [0.05, 0.1) is 0 Å². The van der Waals surface area contributed by atoms with Crippen molar-refractivity contribution < 1.29 is 14.1 Å². The van der Waals surface area contributed by atoms with Gasteiger partial charge in [0.2, 0.25) is 12.3 Å². The monoisotopic (exact) mass is 354 g/mol. The minimum atomic E-state index is -0.372. The van der Waals surface area contributed by atoms with E-state index in [2.05, 4.69) is 10.1 Å². The number of Topliss-reactive ketones (excluding diaryl/α,β-unsaturated/α-hetero) is 1. The van der Waals surface area contributed by atoms with Crippen molar-refractivity contribution in [3.8, 4) is 0 Å². The second kappa shape index (κ2) is 7.51. The molecule has 0 radical (unpaired) electrons. The molecule has 1 atom stereocenters. The minimum absolute atomic E-state index is 0.00675. The molecule has 7 nitrogen and oxygen atoms in total. The maximum Gasteiger partial charge on any atom is 0.245 e. The summed E-state index contributed by atoms with van der Waals surface area (Å²) in [6, 6.07) is 7.30. The van der Waals surface area contributed by atoms with E-state index in [-0.39, 0.29) is 17.7 Å². The molecule has 1 aromatic carbocycles. The molecule has 26 heavy (non-hydrogen) atoms. The van der Waals surface area contributed by atoms with Gasteiger partial charge < -0.3 is 14.0 Å². The first-order valence-corrected chi connectivity index (χ1v) is 8.63. The molecular formula is C19H22N4O3. The molecule has 3 aromatic rings. The second-order valence-electron chi connectivity index (χ2n) is 6.30. The Kier molecular flexibility index (Phi) is 5.16. The van der Waals surface area contributed by atoms with E-state index in [1.165, 1.54) is 6.39 Å². The zero-order valence-electron chi connectivity index (χ0n) is 15.2. The number of ketones is 1. The summed E-state index contributed by atoms with van der Waals surface area (Å²) in [4.78, 5) is 30.7. The van der Waals surface area contributed by atoms with Gasteiger partial charge in [-0.25, -0.2) is 0 Å². The van der Waals surface area contributed by atoms with E-state index in [1.54, 1.807) is 25.1 Å². The summed E-state index contributed by atoms with van der Waals surface area (Å²) in [7, 11) is 1.77. The number of carbonyl (C=O) groups is 2. The van der Waals surface area contributed by atoms with Gasteiger partial charge in [0, 0.05) is 42.7 Å². The summed E-state index contributed by atoms with van der Waals surface area (Å²) in [5, 5.41) is 4.64. The van der Waals surface area contributed by atoms with Crippen LogP contribution in [0.5, 0.6) is 0 Å². The lowest BCUT2D eigenvalue weighted by atomic mass is 10.1. The van der Waals surface area contributed by atoms with E-state index in [9.17, 15) is 9.59 Å². The maximum atomic E-state index is 13.0. The van der Waals surface area contributed by atoms with E-state index in [1.807, 2.05) is 35.8 Å². The van der Waals surface area contributed by atoms with E-state index in [0.29, 0.717) is 30.8 Å². The fraction of sp³-hybridized carbons (Fsp3) is 0.368. The van der Waals surface area contributed by atoms with E-state index in [0.717, 1.165) is 10.9 Å². The molecule has 0 aliphatic rings. The predicted molar refractivity (Wildman–Crippen MR) is 96.9 cm³/mol. The van der Waals surface area contributed by atoms with Gasteiger partial charge in [-0.15, -0.1) is 0 Å². The van der Waals surface area contributed by atoms with Gasteiger partial charge >= 0.3 is 0 Å². The van der Waals surface area contributed by atoms with Gasteiger partial charge in [0.1, 0.15) is 6.04 Å². The molecule has 2 aromatic heterocycles. The van der Waals surface area contributed by atoms with Crippen molar-refractivity contribution in [2.24, 2.45) is 0 Å². The van der Waals surface area contributed by atoms with Crippen LogP contribution >= 0.6 is 0 Å². The summed E-state index contributed by atoms with van der Waals surface area (Å²) >= 11 is 0. The van der Waals surface area contributed by atoms with Crippen LogP contribution in [0.1, 0.15) is 42.5 Å². The number of amides is 1. The summed E-state index contributed by atoms with van der Waals surface area (Å²) in [5.74, 6) is 0.558. The van der Waals surface area contributed by atoms with Crippen LogP contribution in [0.15, 0.2) is 41.4 Å². The summed E-state index contributed by atoms with van der Waals surface area (Å²) in [6.45, 7) is 4.01. The van der Waals surface area contributed by atoms with E-state index >= 15 is 0 Å². The Bertz CT molecular complexity index is 914. The Hall–Kier alpha value is -2.96. The van der Waals surface area contributed by atoms with Gasteiger partial charge in [-0.05, 0) is 19.4 Å². The van der Waals surface area contributed by atoms with Crippen molar-refractivity contribution >= 4 is 22.6 Å². The highest BCUT2D eigenvalue weighted by Gasteiger charge is 2.25. The van der Waals surface area contributed by atoms with Gasteiger partial charge in [0.15, 0.2) is 11.6 Å². The number of nitrogens with zero attached hydrogens (tertiary/aromatic N) is 4. The summed E-state index contributed by atoms with van der Waals surface area (Å²) < 4.78 is 6.63. The average molecular weight is 354 g/mol. The number of para-hydroxylation sites is 1. The Labute approximate surface area is 151 Å². The summed E-state index contributed by atoms with van der Waals surface area (Å²) in [6.07, 6.45) is 4.23. The topological polar surface area (TPSA) is 81.2 Å². The fourth-order valence-electron chi connectivity index (χ4n) is 3.17. The molecule has 2 heterocycles. The van der Waals surface area contributed by atoms with Crippen LogP contribution in [0.4, 0.5) is 0 Å². The number of benzene rings is 1. The molecule has 3 rings (SSSR count). The zero-order chi connectivity index (χ0) is 18.7. The van der Waals surface area contributed by atoms with Crippen LogP contribution in [-0.4, -0.2) is 44.9 Å². The molecule has 0 aliphatic heterocycles. The third kappa shape index (κ3) is 3.37. The standard InChI is InChI=1S/C19H22N4O3/c1-4-16(19(25)22(3)10-9-18-20-12-26-21-18)23-11-15(13(2)24)14-7-5-6-8-17(14)23/h5-8,11-12,16H,4,9-10H2,1-3H3. The third-order valence-electron chi connectivity index (χ3n) is 4.58. The zero-order valence-corrected chi connectivity index (χ0v) is 15.2. The summed E-state index contributed by atoms with van der Waals surface area (Å²) in [5.41, 5.74) is 1.53. The number of rotatable bonds is 7. The normalized spacial score (nSPS) is 12.3. The minimum Gasteiger partial charge on any atom is -0.344 e. The Morgan fingerprint density at radius 2 is 2.08 bits per heavy atom. The molecular weight excluding hydrogens is 332 g/mol. The largest absolute Gasteiger partial charge is 0.344 e.